The van der Waals surface area contributed by atoms with Crippen LogP contribution in [0.5, 0.6) is 17.2 Å². The smallest absolute Gasteiger partial charge is 0.335 e. The maximum atomic E-state index is 10.3. The third kappa shape index (κ3) is 12.9. The lowest BCUT2D eigenvalue weighted by Gasteiger charge is -2.01. The van der Waals surface area contributed by atoms with Gasteiger partial charge in [0, 0.05) is 6.61 Å². The lowest BCUT2D eigenvalue weighted by atomic mass is 10.1. The van der Waals surface area contributed by atoms with Gasteiger partial charge in [0.25, 0.3) is 0 Å². The Morgan fingerprint density at radius 3 is 1.44 bits per heavy atom. The number of hydrogen-bond acceptors (Lipinski definition) is 5. The van der Waals surface area contributed by atoms with E-state index in [0.717, 1.165) is 18.6 Å². The Labute approximate surface area is 162 Å². The van der Waals surface area contributed by atoms with Gasteiger partial charge in [0.1, 0.15) is 0 Å². The number of phenols is 3. The van der Waals surface area contributed by atoms with Crippen LogP contribution in [0.3, 0.4) is 0 Å². The molecule has 6 nitrogen and oxygen atoms in total. The zero-order valence-corrected chi connectivity index (χ0v) is 16.5. The zero-order chi connectivity index (χ0) is 20.5. The summed E-state index contributed by atoms with van der Waals surface area (Å²) in [7, 11) is 0. The van der Waals surface area contributed by atoms with E-state index in [1.165, 1.54) is 70.6 Å². The molecule has 0 fully saturated rings. The monoisotopic (exact) mass is 384 g/mol. The number of aliphatic hydroxyl groups excluding tert-OH is 1. The van der Waals surface area contributed by atoms with Crippen LogP contribution in [0.1, 0.15) is 94.3 Å². The van der Waals surface area contributed by atoms with E-state index in [4.69, 9.17) is 25.5 Å². The van der Waals surface area contributed by atoms with Crippen molar-refractivity contribution in [3.8, 4) is 17.2 Å². The molecule has 0 heterocycles. The van der Waals surface area contributed by atoms with Crippen molar-refractivity contribution in [2.24, 2.45) is 0 Å². The van der Waals surface area contributed by atoms with Crippen LogP contribution in [0.25, 0.3) is 0 Å². The maximum Gasteiger partial charge on any atom is 0.335 e. The molecule has 1 aromatic rings. The Bertz CT molecular complexity index is 480. The van der Waals surface area contributed by atoms with Gasteiger partial charge in [0.05, 0.1) is 5.56 Å². The molecule has 0 atom stereocenters. The van der Waals surface area contributed by atoms with Gasteiger partial charge < -0.3 is 25.5 Å². The Morgan fingerprint density at radius 1 is 0.741 bits per heavy atom. The highest BCUT2D eigenvalue weighted by molar-refractivity contribution is 5.89. The number of rotatable bonds is 13. The molecule has 6 heteroatoms. The quantitative estimate of drug-likeness (QED) is 0.236. The molecule has 27 heavy (non-hydrogen) atoms. The highest BCUT2D eigenvalue weighted by Crippen LogP contribution is 2.35. The molecule has 0 saturated heterocycles. The third-order valence-corrected chi connectivity index (χ3v) is 4.33. The number of hydrogen-bond donors (Lipinski definition) is 5. The van der Waals surface area contributed by atoms with Crippen molar-refractivity contribution in [3.05, 3.63) is 17.7 Å². The predicted octanol–water partition coefficient (Wildman–Crippen LogP) is 5.18. The summed E-state index contributed by atoms with van der Waals surface area (Å²) < 4.78 is 0. The molecule has 1 rings (SSSR count). The van der Waals surface area contributed by atoms with Gasteiger partial charge >= 0.3 is 5.97 Å². The van der Waals surface area contributed by atoms with Gasteiger partial charge in [-0.2, -0.15) is 0 Å². The van der Waals surface area contributed by atoms with Crippen molar-refractivity contribution in [1.82, 2.24) is 0 Å². The molecule has 0 bridgehead atoms. The average molecular weight is 385 g/mol. The molecule has 0 saturated carbocycles. The largest absolute Gasteiger partial charge is 0.504 e. The van der Waals surface area contributed by atoms with Gasteiger partial charge in [-0.1, -0.05) is 77.6 Å². The fourth-order valence-corrected chi connectivity index (χ4v) is 2.68. The molecule has 0 radical (unpaired) electrons. The normalized spacial score (nSPS) is 10.3. The molecular weight excluding hydrogens is 348 g/mol. The first-order valence-electron chi connectivity index (χ1n) is 10.0. The highest BCUT2D eigenvalue weighted by atomic mass is 16.4. The molecule has 0 aromatic heterocycles. The Balaban J connectivity index is 0.000000511. The molecule has 0 aliphatic heterocycles. The van der Waals surface area contributed by atoms with E-state index in [-0.39, 0.29) is 5.56 Å². The Hall–Kier alpha value is -1.95. The molecule has 0 amide bonds. The standard InChI is InChI=1S/C14H30O.C7H6O5/c1-2-3-4-5-6-7-8-9-10-11-12-13-14-15;8-4-1-3(7(11)12)2-5(9)6(4)10/h15H,2-14H2,1H3;1-2,8-10H,(H,11,12). The first-order chi connectivity index (χ1) is 12.9. The fourth-order valence-electron chi connectivity index (χ4n) is 2.68. The second kappa shape index (κ2) is 16.2. The van der Waals surface area contributed by atoms with E-state index in [2.05, 4.69) is 6.92 Å². The Morgan fingerprint density at radius 2 is 1.11 bits per heavy atom. The number of unbranched alkanes of at least 4 members (excludes halogenated alkanes) is 11. The number of aromatic carboxylic acids is 1. The van der Waals surface area contributed by atoms with Crippen LogP contribution in [0.15, 0.2) is 12.1 Å². The molecular formula is C21H36O6. The summed E-state index contributed by atoms with van der Waals surface area (Å²) in [4.78, 5) is 10.3. The van der Waals surface area contributed by atoms with E-state index in [1.807, 2.05) is 0 Å². The van der Waals surface area contributed by atoms with Crippen LogP contribution in [0.4, 0.5) is 0 Å². The van der Waals surface area contributed by atoms with E-state index >= 15 is 0 Å². The molecule has 1 aromatic carbocycles. The first kappa shape index (κ1) is 25.1. The highest BCUT2D eigenvalue weighted by Gasteiger charge is 2.11. The molecule has 0 unspecified atom stereocenters. The number of benzene rings is 1. The van der Waals surface area contributed by atoms with Crippen molar-refractivity contribution in [2.45, 2.75) is 84.0 Å². The lowest BCUT2D eigenvalue weighted by Crippen LogP contribution is -1.95. The van der Waals surface area contributed by atoms with Crippen molar-refractivity contribution in [3.63, 3.8) is 0 Å². The third-order valence-electron chi connectivity index (χ3n) is 4.33. The molecule has 156 valence electrons. The van der Waals surface area contributed by atoms with Crippen molar-refractivity contribution in [1.29, 1.82) is 0 Å². The SMILES string of the molecule is CCCCCCCCCCCCCCO.O=C(O)c1cc(O)c(O)c(O)c1. The number of aromatic hydroxyl groups is 3. The van der Waals surface area contributed by atoms with Crippen LogP contribution in [0, 0.1) is 0 Å². The van der Waals surface area contributed by atoms with Crippen LogP contribution >= 0.6 is 0 Å². The molecule has 0 aliphatic rings. The Kier molecular flexibility index (Phi) is 15.1. The van der Waals surface area contributed by atoms with Crippen LogP contribution in [-0.2, 0) is 0 Å². The van der Waals surface area contributed by atoms with Gasteiger partial charge in [0.15, 0.2) is 17.2 Å². The second-order valence-corrected chi connectivity index (χ2v) is 6.78. The minimum absolute atomic E-state index is 0.289. The van der Waals surface area contributed by atoms with Crippen LogP contribution in [-0.4, -0.2) is 38.1 Å². The number of aliphatic hydroxyl groups is 1. The van der Waals surface area contributed by atoms with Crippen molar-refractivity contribution >= 4 is 5.97 Å². The number of carboxylic acid groups (broad SMARTS) is 1. The number of phenolic OH excluding ortho intramolecular Hbond substituents is 3. The topological polar surface area (TPSA) is 118 Å². The van der Waals surface area contributed by atoms with E-state index in [1.54, 1.807) is 0 Å². The van der Waals surface area contributed by atoms with Gasteiger partial charge in [0.2, 0.25) is 0 Å². The predicted molar refractivity (Wildman–Crippen MR) is 107 cm³/mol. The van der Waals surface area contributed by atoms with Gasteiger partial charge in [-0.25, -0.2) is 4.79 Å². The van der Waals surface area contributed by atoms with E-state index in [9.17, 15) is 4.79 Å². The molecule has 5 N–H and O–H groups in total. The first-order valence-corrected chi connectivity index (χ1v) is 10.0. The minimum Gasteiger partial charge on any atom is -0.504 e. The molecule has 0 spiro atoms. The van der Waals surface area contributed by atoms with E-state index < -0.39 is 23.2 Å². The minimum atomic E-state index is -1.29. The van der Waals surface area contributed by atoms with Gasteiger partial charge in [-0.3, -0.25) is 0 Å². The van der Waals surface area contributed by atoms with Crippen LogP contribution in [0.2, 0.25) is 0 Å². The second-order valence-electron chi connectivity index (χ2n) is 6.78. The maximum absolute atomic E-state index is 10.3. The van der Waals surface area contributed by atoms with Crippen molar-refractivity contribution in [2.75, 3.05) is 6.61 Å². The lowest BCUT2D eigenvalue weighted by molar-refractivity contribution is 0.0696. The number of carboxylic acids is 1. The summed E-state index contributed by atoms with van der Waals surface area (Å²) in [6.07, 6.45) is 16.2. The summed E-state index contributed by atoms with van der Waals surface area (Å²) in [6, 6.07) is 1.69. The summed E-state index contributed by atoms with van der Waals surface area (Å²) in [6.45, 7) is 2.64. The summed E-state index contributed by atoms with van der Waals surface area (Å²) >= 11 is 0. The van der Waals surface area contributed by atoms with Gasteiger partial charge in [-0.15, -0.1) is 0 Å². The van der Waals surface area contributed by atoms with Gasteiger partial charge in [-0.05, 0) is 18.6 Å². The van der Waals surface area contributed by atoms with Crippen molar-refractivity contribution < 1.29 is 30.3 Å². The summed E-state index contributed by atoms with van der Waals surface area (Å²) in [5.74, 6) is -3.33. The number of carbonyl (C=O) groups is 1. The van der Waals surface area contributed by atoms with E-state index in [0.29, 0.717) is 6.61 Å². The fraction of sp³-hybridized carbons (Fsp3) is 0.667. The van der Waals surface area contributed by atoms with Crippen LogP contribution < -0.4 is 0 Å². The molecule has 0 aliphatic carbocycles. The zero-order valence-electron chi connectivity index (χ0n) is 16.5. The summed E-state index contributed by atoms with van der Waals surface area (Å²) in [5.41, 5.74) is -0.289. The summed E-state index contributed by atoms with van der Waals surface area (Å²) in [5, 5.41) is 43.6. The average Bonchev–Trinajstić information content (AvgIpc) is 2.64.